The highest BCUT2D eigenvalue weighted by molar-refractivity contribution is 6.33. The molecular weight excluding hydrogens is 308 g/mol. The molecule has 0 unspecified atom stereocenters. The van der Waals surface area contributed by atoms with E-state index in [1.165, 1.54) is 6.20 Å². The van der Waals surface area contributed by atoms with Gasteiger partial charge in [-0.15, -0.1) is 0 Å². The van der Waals surface area contributed by atoms with Gasteiger partial charge in [-0.2, -0.15) is 0 Å². The molecule has 1 aliphatic rings. The minimum Gasteiger partial charge on any atom is -0.467 e. The second-order valence-corrected chi connectivity index (χ2v) is 5.14. The fourth-order valence-electron chi connectivity index (χ4n) is 2.10. The first kappa shape index (κ1) is 14.8. The molecule has 0 spiro atoms. The van der Waals surface area contributed by atoms with Crippen molar-refractivity contribution in [1.82, 2.24) is 15.3 Å². The van der Waals surface area contributed by atoms with Gasteiger partial charge in [0.25, 0.3) is 5.91 Å². The van der Waals surface area contributed by atoms with Gasteiger partial charge in [0.15, 0.2) is 5.69 Å². The minimum absolute atomic E-state index is 0.157. The van der Waals surface area contributed by atoms with Gasteiger partial charge in [0.1, 0.15) is 5.76 Å². The molecule has 3 rings (SSSR count). The van der Waals surface area contributed by atoms with Crippen LogP contribution in [0.2, 0.25) is 5.02 Å². The van der Waals surface area contributed by atoms with E-state index in [0.717, 1.165) is 0 Å². The zero-order valence-corrected chi connectivity index (χ0v) is 12.5. The molecule has 8 heteroatoms. The molecule has 1 amide bonds. The van der Waals surface area contributed by atoms with Gasteiger partial charge in [0, 0.05) is 13.1 Å². The Morgan fingerprint density at radius 3 is 2.95 bits per heavy atom. The van der Waals surface area contributed by atoms with Gasteiger partial charge in [-0.25, -0.2) is 9.97 Å². The number of amides is 1. The van der Waals surface area contributed by atoms with Crippen LogP contribution < -0.4 is 10.2 Å². The summed E-state index contributed by atoms with van der Waals surface area (Å²) in [6, 6.07) is 3.54. The summed E-state index contributed by atoms with van der Waals surface area (Å²) < 4.78 is 10.5. The molecule has 1 aliphatic heterocycles. The molecule has 7 nitrogen and oxygen atoms in total. The third kappa shape index (κ3) is 3.37. The predicted octanol–water partition coefficient (Wildman–Crippen LogP) is 1.49. The van der Waals surface area contributed by atoms with Crippen LogP contribution in [0, 0.1) is 0 Å². The van der Waals surface area contributed by atoms with Crippen LogP contribution in [0.15, 0.2) is 29.0 Å². The number of hydrogen-bond acceptors (Lipinski definition) is 6. The molecule has 2 aromatic rings. The van der Waals surface area contributed by atoms with E-state index >= 15 is 0 Å². The van der Waals surface area contributed by atoms with Crippen LogP contribution in [-0.2, 0) is 11.3 Å². The van der Waals surface area contributed by atoms with Crippen LogP contribution in [0.4, 0.5) is 5.95 Å². The van der Waals surface area contributed by atoms with E-state index in [1.807, 2.05) is 4.90 Å². The minimum atomic E-state index is -0.363. The number of morpholine rings is 1. The van der Waals surface area contributed by atoms with Gasteiger partial charge < -0.3 is 19.4 Å². The van der Waals surface area contributed by atoms with E-state index in [2.05, 4.69) is 15.3 Å². The molecule has 116 valence electrons. The number of nitrogens with zero attached hydrogens (tertiary/aromatic N) is 3. The highest BCUT2D eigenvalue weighted by Crippen LogP contribution is 2.17. The van der Waals surface area contributed by atoms with Crippen molar-refractivity contribution < 1.29 is 13.9 Å². The zero-order chi connectivity index (χ0) is 15.4. The second kappa shape index (κ2) is 6.76. The van der Waals surface area contributed by atoms with Crippen molar-refractivity contribution in [2.24, 2.45) is 0 Å². The molecule has 1 N–H and O–H groups in total. The number of furan rings is 1. The summed E-state index contributed by atoms with van der Waals surface area (Å²) in [6.45, 7) is 2.89. The van der Waals surface area contributed by atoms with Crippen molar-refractivity contribution in [2.45, 2.75) is 6.54 Å². The molecular formula is C14H15ClN4O3. The van der Waals surface area contributed by atoms with Crippen molar-refractivity contribution in [3.8, 4) is 0 Å². The third-order valence-electron chi connectivity index (χ3n) is 3.24. The van der Waals surface area contributed by atoms with Crippen molar-refractivity contribution in [3.05, 3.63) is 41.1 Å². The van der Waals surface area contributed by atoms with Crippen LogP contribution in [-0.4, -0.2) is 42.2 Å². The summed E-state index contributed by atoms with van der Waals surface area (Å²) in [5.41, 5.74) is 0.157. The van der Waals surface area contributed by atoms with Crippen LogP contribution in [0.3, 0.4) is 0 Å². The summed E-state index contributed by atoms with van der Waals surface area (Å²) in [6.07, 6.45) is 3.00. The molecule has 1 saturated heterocycles. The Morgan fingerprint density at radius 1 is 1.41 bits per heavy atom. The lowest BCUT2D eigenvalue weighted by molar-refractivity contribution is 0.0943. The average molecular weight is 323 g/mol. The first-order valence-corrected chi connectivity index (χ1v) is 7.27. The van der Waals surface area contributed by atoms with Crippen molar-refractivity contribution in [2.75, 3.05) is 31.2 Å². The number of nitrogens with one attached hydrogen (secondary N) is 1. The summed E-state index contributed by atoms with van der Waals surface area (Å²) in [5.74, 6) is 0.779. The number of aromatic nitrogens is 2. The molecule has 2 aromatic heterocycles. The largest absolute Gasteiger partial charge is 0.467 e. The Balaban J connectivity index is 1.72. The van der Waals surface area contributed by atoms with E-state index in [0.29, 0.717) is 38.0 Å². The standard InChI is InChI=1S/C14H15ClN4O3/c15-11-9-17-14(19-3-6-21-7-4-19)18-12(11)13(20)16-8-10-2-1-5-22-10/h1-2,5,9H,3-4,6-8H2,(H,16,20). The normalized spacial score (nSPS) is 14.9. The topological polar surface area (TPSA) is 80.5 Å². The predicted molar refractivity (Wildman–Crippen MR) is 80.0 cm³/mol. The lowest BCUT2D eigenvalue weighted by Gasteiger charge is -2.26. The second-order valence-electron chi connectivity index (χ2n) is 4.73. The first-order chi connectivity index (χ1) is 10.7. The van der Waals surface area contributed by atoms with E-state index in [9.17, 15) is 4.79 Å². The van der Waals surface area contributed by atoms with Crippen molar-refractivity contribution in [3.63, 3.8) is 0 Å². The van der Waals surface area contributed by atoms with E-state index in [1.54, 1.807) is 18.4 Å². The van der Waals surface area contributed by atoms with Gasteiger partial charge >= 0.3 is 0 Å². The van der Waals surface area contributed by atoms with Gasteiger partial charge in [0.05, 0.1) is 37.2 Å². The molecule has 0 aromatic carbocycles. The Morgan fingerprint density at radius 2 is 2.23 bits per heavy atom. The van der Waals surface area contributed by atoms with E-state index < -0.39 is 0 Å². The first-order valence-electron chi connectivity index (χ1n) is 6.90. The number of carbonyl (C=O) groups excluding carboxylic acids is 1. The lowest BCUT2D eigenvalue weighted by Crippen LogP contribution is -2.37. The van der Waals surface area contributed by atoms with Gasteiger partial charge in [-0.1, -0.05) is 11.6 Å². The summed E-state index contributed by atoms with van der Waals surface area (Å²) in [5, 5.41) is 2.94. The Labute approximate surface area is 132 Å². The molecule has 22 heavy (non-hydrogen) atoms. The van der Waals surface area contributed by atoms with E-state index in [-0.39, 0.29) is 23.2 Å². The summed E-state index contributed by atoms with van der Waals surface area (Å²) in [7, 11) is 0. The van der Waals surface area contributed by atoms with Crippen molar-refractivity contribution in [1.29, 1.82) is 0 Å². The number of rotatable bonds is 4. The third-order valence-corrected chi connectivity index (χ3v) is 3.52. The molecule has 0 bridgehead atoms. The Hall–Kier alpha value is -2.12. The smallest absolute Gasteiger partial charge is 0.272 e. The molecule has 3 heterocycles. The summed E-state index contributed by atoms with van der Waals surface area (Å²) in [4.78, 5) is 22.7. The number of ether oxygens (including phenoxy) is 1. The highest BCUT2D eigenvalue weighted by atomic mass is 35.5. The van der Waals surface area contributed by atoms with Gasteiger partial charge in [-0.3, -0.25) is 4.79 Å². The maximum Gasteiger partial charge on any atom is 0.272 e. The number of carbonyl (C=O) groups is 1. The highest BCUT2D eigenvalue weighted by Gasteiger charge is 2.19. The maximum absolute atomic E-state index is 12.2. The van der Waals surface area contributed by atoms with Crippen LogP contribution in [0.5, 0.6) is 0 Å². The van der Waals surface area contributed by atoms with E-state index in [4.69, 9.17) is 20.8 Å². The molecule has 0 atom stereocenters. The monoisotopic (exact) mass is 322 g/mol. The fraction of sp³-hybridized carbons (Fsp3) is 0.357. The zero-order valence-electron chi connectivity index (χ0n) is 11.8. The Bertz CT molecular complexity index is 642. The van der Waals surface area contributed by atoms with Crippen LogP contribution in [0.1, 0.15) is 16.2 Å². The van der Waals surface area contributed by atoms with Crippen LogP contribution >= 0.6 is 11.6 Å². The van der Waals surface area contributed by atoms with Gasteiger partial charge in [0.2, 0.25) is 5.95 Å². The molecule has 0 aliphatic carbocycles. The Kier molecular flexibility index (Phi) is 4.55. The fourth-order valence-corrected chi connectivity index (χ4v) is 2.27. The maximum atomic E-state index is 12.2. The number of hydrogen-bond donors (Lipinski definition) is 1. The summed E-state index contributed by atoms with van der Waals surface area (Å²) >= 11 is 6.04. The molecule has 1 fully saturated rings. The molecule has 0 saturated carbocycles. The van der Waals surface area contributed by atoms with Gasteiger partial charge in [-0.05, 0) is 12.1 Å². The van der Waals surface area contributed by atoms with Crippen molar-refractivity contribution >= 4 is 23.5 Å². The number of anilines is 1. The SMILES string of the molecule is O=C(NCc1ccco1)c1nc(N2CCOCC2)ncc1Cl. The quantitative estimate of drug-likeness (QED) is 0.918. The average Bonchev–Trinajstić information content (AvgIpc) is 3.07. The van der Waals surface area contributed by atoms with Crippen LogP contribution in [0.25, 0.3) is 0 Å². The molecule has 0 radical (unpaired) electrons. The lowest BCUT2D eigenvalue weighted by atomic mass is 10.3. The number of halogens is 1.